The Bertz CT molecular complexity index is 477. The summed E-state index contributed by atoms with van der Waals surface area (Å²) in [5, 5.41) is 3.05. The van der Waals surface area contributed by atoms with Crippen LogP contribution in [0.25, 0.3) is 0 Å². The smallest absolute Gasteiger partial charge is 0.226 e. The lowest BCUT2D eigenvalue weighted by Crippen LogP contribution is -2.47. The van der Waals surface area contributed by atoms with E-state index in [1.807, 2.05) is 0 Å². The van der Waals surface area contributed by atoms with Crippen LogP contribution in [0.4, 0.5) is 5.69 Å². The molecule has 1 amide bonds. The Morgan fingerprint density at radius 3 is 2.94 bits per heavy atom. The molecule has 1 aromatic carbocycles. The van der Waals surface area contributed by atoms with Gasteiger partial charge in [-0.2, -0.15) is 0 Å². The third kappa shape index (κ3) is 1.91. The number of carbonyl (C=O) groups excluding carboxylic acids is 1. The number of hydrogen-bond acceptors (Lipinski definition) is 2. The fraction of sp³-hybridized carbons (Fsp3) is 0.500. The van der Waals surface area contributed by atoms with E-state index in [2.05, 4.69) is 43.6 Å². The molecule has 3 rings (SSSR count). The van der Waals surface area contributed by atoms with E-state index in [9.17, 15) is 4.79 Å². The van der Waals surface area contributed by atoms with E-state index in [4.69, 9.17) is 0 Å². The van der Waals surface area contributed by atoms with Crippen molar-refractivity contribution in [2.24, 2.45) is 5.41 Å². The Labute approximate surface area is 110 Å². The van der Waals surface area contributed by atoms with E-state index in [1.54, 1.807) is 0 Å². The maximum Gasteiger partial charge on any atom is 0.226 e. The summed E-state index contributed by atoms with van der Waals surface area (Å²) in [4.78, 5) is 12.3. The number of anilines is 1. The van der Waals surface area contributed by atoms with Crippen molar-refractivity contribution in [1.82, 2.24) is 5.32 Å². The number of rotatable bonds is 0. The molecule has 0 bridgehead atoms. The van der Waals surface area contributed by atoms with Crippen LogP contribution in [-0.2, 0) is 11.2 Å². The maximum absolute atomic E-state index is 12.3. The molecule has 2 aliphatic rings. The lowest BCUT2D eigenvalue weighted by Gasteiger charge is -2.35. The van der Waals surface area contributed by atoms with Gasteiger partial charge in [0.25, 0.3) is 0 Å². The predicted molar refractivity (Wildman–Crippen MR) is 76.5 cm³/mol. The fourth-order valence-electron chi connectivity index (χ4n) is 3.19. The molecule has 0 saturated carbocycles. The van der Waals surface area contributed by atoms with Crippen molar-refractivity contribution in [3.63, 3.8) is 0 Å². The summed E-state index contributed by atoms with van der Waals surface area (Å²) < 4.78 is 2.20. The molecule has 96 valence electrons. The van der Waals surface area contributed by atoms with E-state index in [0.29, 0.717) is 0 Å². The van der Waals surface area contributed by atoms with Crippen molar-refractivity contribution in [2.75, 3.05) is 17.8 Å². The van der Waals surface area contributed by atoms with Crippen LogP contribution in [0, 0.1) is 5.41 Å². The first-order valence-corrected chi connectivity index (χ1v) is 7.11. The second-order valence-electron chi connectivity index (χ2n) is 5.39. The zero-order valence-electron chi connectivity index (χ0n) is 10.5. The first-order valence-electron chi connectivity index (χ1n) is 6.60. The molecule has 2 atom stereocenters. The van der Waals surface area contributed by atoms with Crippen molar-refractivity contribution in [3.05, 3.63) is 29.8 Å². The molecule has 2 heterocycles. The van der Waals surface area contributed by atoms with Crippen LogP contribution in [-0.4, -0.2) is 19.0 Å². The molecular formula is C14H19N2OP. The minimum Gasteiger partial charge on any atom is -0.356 e. The van der Waals surface area contributed by atoms with Crippen LogP contribution in [0.2, 0.25) is 0 Å². The van der Waals surface area contributed by atoms with Crippen molar-refractivity contribution < 1.29 is 4.79 Å². The van der Waals surface area contributed by atoms with E-state index in [1.165, 1.54) is 11.3 Å². The zero-order chi connectivity index (χ0) is 12.6. The summed E-state index contributed by atoms with van der Waals surface area (Å²) in [6.45, 7) is 1.77. The van der Waals surface area contributed by atoms with Gasteiger partial charge in [-0.3, -0.25) is 4.79 Å². The van der Waals surface area contributed by atoms with E-state index < -0.39 is 0 Å². The second-order valence-corrected chi connectivity index (χ2v) is 6.01. The molecular weight excluding hydrogens is 243 g/mol. The summed E-state index contributed by atoms with van der Waals surface area (Å²) in [5.74, 6) is 0.254. The van der Waals surface area contributed by atoms with Gasteiger partial charge in [-0.1, -0.05) is 18.2 Å². The highest BCUT2D eigenvalue weighted by atomic mass is 31.0. The van der Waals surface area contributed by atoms with Gasteiger partial charge in [-0.25, -0.2) is 0 Å². The van der Waals surface area contributed by atoms with Crippen LogP contribution in [0.3, 0.4) is 0 Å². The van der Waals surface area contributed by atoms with Crippen molar-refractivity contribution in [3.8, 4) is 0 Å². The minimum absolute atomic E-state index is 0.181. The van der Waals surface area contributed by atoms with E-state index in [0.717, 1.165) is 38.8 Å². The average molecular weight is 262 g/mol. The standard InChI is InChI=1S/C14H19N2OP/c17-13-14(6-3-8-15-13)7-9-16(18)12-5-2-1-4-11(12)10-14/h1-2,4-5H,3,6-10,18H2,(H,15,17). The van der Waals surface area contributed by atoms with Gasteiger partial charge in [-0.05, 0) is 46.7 Å². The topological polar surface area (TPSA) is 32.3 Å². The van der Waals surface area contributed by atoms with Gasteiger partial charge < -0.3 is 9.99 Å². The third-order valence-corrected chi connectivity index (χ3v) is 4.80. The lowest BCUT2D eigenvalue weighted by atomic mass is 9.73. The number of carbonyl (C=O) groups is 1. The third-order valence-electron chi connectivity index (χ3n) is 4.26. The van der Waals surface area contributed by atoms with E-state index in [-0.39, 0.29) is 11.3 Å². The monoisotopic (exact) mass is 262 g/mol. The number of para-hydroxylation sites is 1. The first kappa shape index (κ1) is 12.0. The highest BCUT2D eigenvalue weighted by Gasteiger charge is 2.42. The highest BCUT2D eigenvalue weighted by molar-refractivity contribution is 7.19. The second kappa shape index (κ2) is 4.55. The van der Waals surface area contributed by atoms with Crippen molar-refractivity contribution in [2.45, 2.75) is 25.7 Å². The van der Waals surface area contributed by atoms with Crippen molar-refractivity contribution in [1.29, 1.82) is 0 Å². The number of hydrogen-bond donors (Lipinski definition) is 1. The number of nitrogens with one attached hydrogen (secondary N) is 1. The Hall–Kier alpha value is -1.08. The fourth-order valence-corrected chi connectivity index (χ4v) is 3.57. The summed E-state index contributed by atoms with van der Waals surface area (Å²) in [5.41, 5.74) is 2.36. The lowest BCUT2D eigenvalue weighted by molar-refractivity contribution is -0.133. The van der Waals surface area contributed by atoms with Gasteiger partial charge in [0.2, 0.25) is 5.91 Å². The molecule has 18 heavy (non-hydrogen) atoms. The molecule has 0 aliphatic carbocycles. The van der Waals surface area contributed by atoms with Gasteiger partial charge in [0.1, 0.15) is 0 Å². The number of benzene rings is 1. The first-order chi connectivity index (χ1) is 8.71. The number of piperidine rings is 1. The molecule has 2 aliphatic heterocycles. The number of nitrogens with zero attached hydrogens (tertiary/aromatic N) is 1. The Morgan fingerprint density at radius 2 is 2.11 bits per heavy atom. The van der Waals surface area contributed by atoms with E-state index >= 15 is 0 Å². The molecule has 1 saturated heterocycles. The summed E-state index contributed by atoms with van der Waals surface area (Å²) in [6, 6.07) is 8.43. The van der Waals surface area contributed by atoms with Gasteiger partial charge in [-0.15, -0.1) is 0 Å². The largest absolute Gasteiger partial charge is 0.356 e. The Morgan fingerprint density at radius 1 is 1.28 bits per heavy atom. The molecule has 2 unspecified atom stereocenters. The molecule has 1 spiro atoms. The summed E-state index contributed by atoms with van der Waals surface area (Å²) in [6.07, 6.45) is 3.94. The molecule has 1 aromatic rings. The van der Waals surface area contributed by atoms with Gasteiger partial charge in [0.15, 0.2) is 0 Å². The quantitative estimate of drug-likeness (QED) is 0.726. The number of amides is 1. The Kier molecular flexibility index (Phi) is 3.03. The Balaban J connectivity index is 2.00. The molecule has 3 nitrogen and oxygen atoms in total. The summed E-state index contributed by atoms with van der Waals surface area (Å²) in [7, 11) is 2.78. The molecule has 1 fully saturated rings. The van der Waals surface area contributed by atoms with Crippen LogP contribution < -0.4 is 9.99 Å². The van der Waals surface area contributed by atoms with Gasteiger partial charge in [0.05, 0.1) is 5.41 Å². The SMILES string of the molecule is O=C1NCCCC12CCN(P)c1ccccc1C2. The van der Waals surface area contributed by atoms with Gasteiger partial charge >= 0.3 is 0 Å². The van der Waals surface area contributed by atoms with Crippen LogP contribution in [0.5, 0.6) is 0 Å². The molecule has 0 aromatic heterocycles. The van der Waals surface area contributed by atoms with Crippen LogP contribution in [0.1, 0.15) is 24.8 Å². The van der Waals surface area contributed by atoms with Gasteiger partial charge in [0, 0.05) is 18.8 Å². The molecule has 0 radical (unpaired) electrons. The average Bonchev–Trinajstić information content (AvgIpc) is 2.53. The molecule has 1 N–H and O–H groups in total. The van der Waals surface area contributed by atoms with Crippen LogP contribution in [0.15, 0.2) is 24.3 Å². The number of fused-ring (bicyclic) bond motifs is 1. The normalized spacial score (nSPS) is 27.6. The predicted octanol–water partition coefficient (Wildman–Crippen LogP) is 2.13. The molecule has 4 heteroatoms. The minimum atomic E-state index is -0.181. The van der Waals surface area contributed by atoms with Crippen molar-refractivity contribution >= 4 is 21.0 Å². The zero-order valence-corrected chi connectivity index (χ0v) is 11.6. The van der Waals surface area contributed by atoms with Crippen LogP contribution >= 0.6 is 9.39 Å². The highest BCUT2D eigenvalue weighted by Crippen LogP contribution is 2.41. The maximum atomic E-state index is 12.3. The summed E-state index contributed by atoms with van der Waals surface area (Å²) >= 11 is 0.